The molecular formula is C13H27NO4S. The van der Waals surface area contributed by atoms with E-state index in [1.165, 1.54) is 18.9 Å². The van der Waals surface area contributed by atoms with Gasteiger partial charge in [0.05, 0.1) is 19.8 Å². The van der Waals surface area contributed by atoms with Gasteiger partial charge in [0.2, 0.25) is 0 Å². The van der Waals surface area contributed by atoms with Gasteiger partial charge in [0.25, 0.3) is 0 Å². The molecule has 0 aliphatic rings. The zero-order valence-electron chi connectivity index (χ0n) is 12.3. The maximum Gasteiger partial charge on any atom is 0.325 e. The van der Waals surface area contributed by atoms with Crippen molar-refractivity contribution in [3.63, 3.8) is 0 Å². The van der Waals surface area contributed by atoms with Crippen LogP contribution < -0.4 is 5.32 Å². The summed E-state index contributed by atoms with van der Waals surface area (Å²) in [5.74, 6) is 0.194. The Hall–Kier alpha value is -0.300. The minimum Gasteiger partial charge on any atom is -0.468 e. The number of hydrogen-bond acceptors (Lipinski definition) is 6. The number of hydrogen-bond donors (Lipinski definition) is 3. The molecule has 0 amide bonds. The van der Waals surface area contributed by atoms with Crippen molar-refractivity contribution in [1.29, 1.82) is 0 Å². The van der Waals surface area contributed by atoms with Crippen molar-refractivity contribution in [2.24, 2.45) is 0 Å². The standard InChI is InChI=1S/C13H27NO4S/c1-5-6-14-13(3,12(17)18-4)7-10(2)19-9-11(16)8-15/h10-11,14-16H,5-9H2,1-4H3. The molecule has 0 heterocycles. The molecule has 5 nitrogen and oxygen atoms in total. The van der Waals surface area contributed by atoms with Crippen molar-refractivity contribution in [1.82, 2.24) is 5.32 Å². The van der Waals surface area contributed by atoms with Crippen LogP contribution in [0.1, 0.15) is 33.6 Å². The van der Waals surface area contributed by atoms with E-state index in [1.807, 2.05) is 20.8 Å². The lowest BCUT2D eigenvalue weighted by molar-refractivity contribution is -0.148. The quantitative estimate of drug-likeness (QED) is 0.517. The van der Waals surface area contributed by atoms with Crippen LogP contribution in [0, 0.1) is 0 Å². The molecule has 0 saturated heterocycles. The van der Waals surface area contributed by atoms with E-state index in [2.05, 4.69) is 5.32 Å². The van der Waals surface area contributed by atoms with Crippen molar-refractivity contribution in [2.75, 3.05) is 26.0 Å². The molecule has 3 atom stereocenters. The van der Waals surface area contributed by atoms with Gasteiger partial charge in [-0.2, -0.15) is 11.8 Å². The average Bonchev–Trinajstić information content (AvgIpc) is 2.41. The predicted octanol–water partition coefficient (Wildman–Crippen LogP) is 0.783. The van der Waals surface area contributed by atoms with E-state index in [1.54, 1.807) is 0 Å². The monoisotopic (exact) mass is 293 g/mol. The van der Waals surface area contributed by atoms with E-state index in [9.17, 15) is 9.90 Å². The first-order valence-corrected chi connectivity index (χ1v) is 7.68. The summed E-state index contributed by atoms with van der Waals surface area (Å²) in [5, 5.41) is 21.5. The molecule has 3 unspecified atom stereocenters. The van der Waals surface area contributed by atoms with Gasteiger partial charge in [-0.25, -0.2) is 0 Å². The van der Waals surface area contributed by atoms with E-state index in [0.29, 0.717) is 12.2 Å². The molecule has 114 valence electrons. The fraction of sp³-hybridized carbons (Fsp3) is 0.923. The number of nitrogens with one attached hydrogen (secondary N) is 1. The summed E-state index contributed by atoms with van der Waals surface area (Å²) >= 11 is 1.54. The summed E-state index contributed by atoms with van der Waals surface area (Å²) in [6.07, 6.45) is 0.847. The lowest BCUT2D eigenvalue weighted by Gasteiger charge is -2.30. The number of carbonyl (C=O) groups excluding carboxylic acids is 1. The second kappa shape index (κ2) is 9.58. The fourth-order valence-corrected chi connectivity index (χ4v) is 2.92. The summed E-state index contributed by atoms with van der Waals surface area (Å²) in [5.41, 5.74) is -0.707. The average molecular weight is 293 g/mol. The Morgan fingerprint density at radius 1 is 1.53 bits per heavy atom. The molecule has 0 aliphatic carbocycles. The Labute approximate surface area is 120 Å². The minimum atomic E-state index is -0.708. The van der Waals surface area contributed by atoms with Crippen LogP contribution in [0.2, 0.25) is 0 Å². The van der Waals surface area contributed by atoms with Crippen molar-refractivity contribution in [3.8, 4) is 0 Å². The van der Waals surface area contributed by atoms with Crippen LogP contribution in [0.5, 0.6) is 0 Å². The van der Waals surface area contributed by atoms with Crippen molar-refractivity contribution in [3.05, 3.63) is 0 Å². The molecule has 0 radical (unpaired) electrons. The largest absolute Gasteiger partial charge is 0.468 e. The Balaban J connectivity index is 4.42. The normalized spacial score (nSPS) is 17.6. The smallest absolute Gasteiger partial charge is 0.325 e. The minimum absolute atomic E-state index is 0.176. The summed E-state index contributed by atoms with van der Waals surface area (Å²) in [6.45, 7) is 6.41. The lowest BCUT2D eigenvalue weighted by Crippen LogP contribution is -2.52. The van der Waals surface area contributed by atoms with Gasteiger partial charge in [0.1, 0.15) is 5.54 Å². The van der Waals surface area contributed by atoms with E-state index < -0.39 is 11.6 Å². The molecular weight excluding hydrogens is 266 g/mol. The zero-order valence-corrected chi connectivity index (χ0v) is 13.1. The molecule has 0 fully saturated rings. The molecule has 6 heteroatoms. The maximum absolute atomic E-state index is 11.9. The third-order valence-corrected chi connectivity index (χ3v) is 4.19. The van der Waals surface area contributed by atoms with Gasteiger partial charge in [0.15, 0.2) is 0 Å². The molecule has 0 aromatic rings. The van der Waals surface area contributed by atoms with Gasteiger partial charge >= 0.3 is 5.97 Å². The zero-order chi connectivity index (χ0) is 14.9. The molecule has 0 saturated carbocycles. The van der Waals surface area contributed by atoms with Crippen molar-refractivity contribution < 1.29 is 19.7 Å². The Kier molecular flexibility index (Phi) is 9.43. The van der Waals surface area contributed by atoms with Gasteiger partial charge in [-0.05, 0) is 26.3 Å². The molecule has 0 aromatic heterocycles. The highest BCUT2D eigenvalue weighted by Gasteiger charge is 2.35. The lowest BCUT2D eigenvalue weighted by atomic mass is 9.96. The summed E-state index contributed by atoms with van der Waals surface area (Å²) in [7, 11) is 1.39. The number of methoxy groups -OCH3 is 1. The van der Waals surface area contributed by atoms with Gasteiger partial charge in [0, 0.05) is 11.0 Å². The highest BCUT2D eigenvalue weighted by atomic mass is 32.2. The van der Waals surface area contributed by atoms with Crippen molar-refractivity contribution in [2.45, 2.75) is 50.5 Å². The van der Waals surface area contributed by atoms with E-state index in [-0.39, 0.29) is 17.8 Å². The number of thioether (sulfide) groups is 1. The van der Waals surface area contributed by atoms with Crippen LogP contribution >= 0.6 is 11.8 Å². The van der Waals surface area contributed by atoms with E-state index in [4.69, 9.17) is 9.84 Å². The van der Waals surface area contributed by atoms with Gasteiger partial charge in [-0.3, -0.25) is 4.79 Å². The second-order valence-electron chi connectivity index (χ2n) is 4.93. The summed E-state index contributed by atoms with van der Waals surface area (Å²) in [6, 6.07) is 0. The van der Waals surface area contributed by atoms with E-state index in [0.717, 1.165) is 13.0 Å². The summed E-state index contributed by atoms with van der Waals surface area (Å²) < 4.78 is 4.86. The third kappa shape index (κ3) is 7.15. The van der Waals surface area contributed by atoms with Crippen LogP contribution in [0.3, 0.4) is 0 Å². The van der Waals surface area contributed by atoms with Gasteiger partial charge < -0.3 is 20.3 Å². The first-order valence-electron chi connectivity index (χ1n) is 6.63. The SMILES string of the molecule is CCCNC(C)(CC(C)SCC(O)CO)C(=O)OC. The van der Waals surface area contributed by atoms with Crippen LogP contribution in [-0.2, 0) is 9.53 Å². The predicted molar refractivity (Wildman–Crippen MR) is 78.3 cm³/mol. The number of carbonyl (C=O) groups is 1. The number of aliphatic hydroxyl groups excluding tert-OH is 2. The Morgan fingerprint density at radius 3 is 2.63 bits per heavy atom. The fourth-order valence-electron chi connectivity index (χ4n) is 1.82. The number of ether oxygens (including phenoxy) is 1. The first kappa shape index (κ1) is 18.7. The molecule has 0 rings (SSSR count). The maximum atomic E-state index is 11.9. The van der Waals surface area contributed by atoms with Gasteiger partial charge in [-0.15, -0.1) is 0 Å². The molecule has 0 spiro atoms. The Morgan fingerprint density at radius 2 is 2.16 bits per heavy atom. The van der Waals surface area contributed by atoms with Crippen LogP contribution in [-0.4, -0.2) is 59.1 Å². The molecule has 0 aliphatic heterocycles. The first-order chi connectivity index (χ1) is 8.89. The Bertz CT molecular complexity index is 265. The number of esters is 1. The molecule has 0 bridgehead atoms. The van der Waals surface area contributed by atoms with E-state index >= 15 is 0 Å². The van der Waals surface area contributed by atoms with Crippen LogP contribution in [0.4, 0.5) is 0 Å². The highest BCUT2D eigenvalue weighted by Crippen LogP contribution is 2.23. The van der Waals surface area contributed by atoms with Crippen molar-refractivity contribution >= 4 is 17.7 Å². The van der Waals surface area contributed by atoms with Gasteiger partial charge in [-0.1, -0.05) is 13.8 Å². The summed E-state index contributed by atoms with van der Waals surface area (Å²) in [4.78, 5) is 11.9. The third-order valence-electron chi connectivity index (χ3n) is 2.88. The molecule has 3 N–H and O–H groups in total. The number of rotatable bonds is 10. The molecule has 0 aromatic carbocycles. The second-order valence-corrected chi connectivity index (χ2v) is 6.41. The topological polar surface area (TPSA) is 78.8 Å². The van der Waals surface area contributed by atoms with Crippen LogP contribution in [0.15, 0.2) is 0 Å². The highest BCUT2D eigenvalue weighted by molar-refractivity contribution is 7.99. The molecule has 19 heavy (non-hydrogen) atoms. The number of aliphatic hydroxyl groups is 2. The van der Waals surface area contributed by atoms with Crippen LogP contribution in [0.25, 0.3) is 0 Å².